The van der Waals surface area contributed by atoms with E-state index in [1.807, 2.05) is 0 Å². The molecule has 0 bridgehead atoms. The third-order valence-corrected chi connectivity index (χ3v) is 4.78. The summed E-state index contributed by atoms with van der Waals surface area (Å²) in [5.41, 5.74) is 0.776. The first-order valence-electron chi connectivity index (χ1n) is 8.89. The van der Waals surface area contributed by atoms with Crippen LogP contribution in [0.3, 0.4) is 0 Å². The van der Waals surface area contributed by atoms with Crippen LogP contribution in [0.2, 0.25) is 5.02 Å². The number of nitrogens with zero attached hydrogens (tertiary/aromatic N) is 1. The van der Waals surface area contributed by atoms with Crippen molar-refractivity contribution in [1.82, 2.24) is 9.88 Å². The van der Waals surface area contributed by atoms with Gasteiger partial charge >= 0.3 is 6.18 Å². The zero-order chi connectivity index (χ0) is 22.8. The van der Waals surface area contributed by atoms with Gasteiger partial charge < -0.3 is 10.3 Å². The summed E-state index contributed by atoms with van der Waals surface area (Å²) in [5.74, 6) is -1.07. The molecule has 1 aromatic heterocycles. The van der Waals surface area contributed by atoms with Crippen molar-refractivity contribution in [2.24, 2.45) is 0 Å². The number of H-pyrrole nitrogens is 1. The highest BCUT2D eigenvalue weighted by atomic mass is 35.5. The number of rotatable bonds is 7. The number of amides is 1. The van der Waals surface area contributed by atoms with E-state index in [4.69, 9.17) is 11.6 Å². The Bertz CT molecular complexity index is 999. The lowest BCUT2D eigenvalue weighted by Gasteiger charge is -2.16. The van der Waals surface area contributed by atoms with Gasteiger partial charge in [0.25, 0.3) is 0 Å². The van der Waals surface area contributed by atoms with Crippen LogP contribution in [0.4, 0.5) is 18.9 Å². The summed E-state index contributed by atoms with van der Waals surface area (Å²) in [5, 5.41) is 1.89. The zero-order valence-electron chi connectivity index (χ0n) is 16.8. The number of carbonyl (C=O) groups excluding carboxylic acids is 3. The topological polar surface area (TPSA) is 82.3 Å². The van der Waals surface area contributed by atoms with E-state index in [0.29, 0.717) is 16.8 Å². The minimum atomic E-state index is -4.65. The molecule has 2 N–H and O–H groups in total. The summed E-state index contributed by atoms with van der Waals surface area (Å²) >= 11 is 5.56. The summed E-state index contributed by atoms with van der Waals surface area (Å²) in [7, 11) is 1.53. The lowest BCUT2D eigenvalue weighted by molar-refractivity contribution is -0.137. The quantitative estimate of drug-likeness (QED) is 0.626. The molecule has 0 saturated heterocycles. The maximum Gasteiger partial charge on any atom is 0.417 e. The standard InChI is InChI=1S/C20H21ClF3N3O3/c1-10-18(12(3)28)11(2)25-19(10)16(29)8-27(4)9-17(30)26-13-5-6-15(21)14(7-13)20(22,23)24/h5-7,25H,8-9H2,1-4H3,(H,26,30). The monoisotopic (exact) mass is 443 g/mol. The zero-order valence-corrected chi connectivity index (χ0v) is 17.6. The number of aromatic amines is 1. The Morgan fingerprint density at radius 3 is 2.33 bits per heavy atom. The fourth-order valence-corrected chi connectivity index (χ4v) is 3.43. The highest BCUT2D eigenvalue weighted by molar-refractivity contribution is 6.31. The van der Waals surface area contributed by atoms with Gasteiger partial charge in [0.15, 0.2) is 11.6 Å². The van der Waals surface area contributed by atoms with Crippen molar-refractivity contribution >= 4 is 34.8 Å². The molecule has 2 aromatic rings. The average molecular weight is 444 g/mol. The molecule has 0 atom stereocenters. The number of hydrogen-bond donors (Lipinski definition) is 2. The third-order valence-electron chi connectivity index (χ3n) is 4.45. The first-order chi connectivity index (χ1) is 13.8. The fourth-order valence-electron chi connectivity index (χ4n) is 3.20. The van der Waals surface area contributed by atoms with E-state index in [9.17, 15) is 27.6 Å². The Kier molecular flexibility index (Phi) is 7.10. The molecule has 30 heavy (non-hydrogen) atoms. The molecule has 0 aliphatic rings. The van der Waals surface area contributed by atoms with Gasteiger partial charge in [0, 0.05) is 16.9 Å². The summed E-state index contributed by atoms with van der Waals surface area (Å²) in [4.78, 5) is 40.7. The van der Waals surface area contributed by atoms with Crippen molar-refractivity contribution in [3.05, 3.63) is 51.3 Å². The number of aryl methyl sites for hydroxylation is 1. The van der Waals surface area contributed by atoms with Crippen LogP contribution in [-0.2, 0) is 11.0 Å². The summed E-state index contributed by atoms with van der Waals surface area (Å²) in [6.45, 7) is 4.42. The van der Waals surface area contributed by atoms with Gasteiger partial charge in [-0.1, -0.05) is 11.6 Å². The second-order valence-electron chi connectivity index (χ2n) is 7.02. The maximum absolute atomic E-state index is 12.9. The molecule has 0 fully saturated rings. The normalized spacial score (nSPS) is 11.6. The highest BCUT2D eigenvalue weighted by Crippen LogP contribution is 2.36. The molecule has 6 nitrogen and oxygen atoms in total. The van der Waals surface area contributed by atoms with E-state index >= 15 is 0 Å². The van der Waals surface area contributed by atoms with E-state index in [1.165, 1.54) is 24.9 Å². The molecule has 0 radical (unpaired) electrons. The van der Waals surface area contributed by atoms with Crippen LogP contribution < -0.4 is 5.32 Å². The van der Waals surface area contributed by atoms with E-state index in [-0.39, 0.29) is 36.0 Å². The molecule has 2 rings (SSSR count). The van der Waals surface area contributed by atoms with Crippen LogP contribution in [0.1, 0.15) is 44.6 Å². The van der Waals surface area contributed by atoms with E-state index in [1.54, 1.807) is 13.8 Å². The molecular formula is C20H21ClF3N3O3. The first kappa shape index (κ1) is 23.6. The SMILES string of the molecule is CC(=O)c1c(C)[nH]c(C(=O)CN(C)CC(=O)Nc2ccc(Cl)c(C(F)(F)F)c2)c1C. The average Bonchev–Trinajstić information content (AvgIpc) is 2.89. The van der Waals surface area contributed by atoms with Crippen molar-refractivity contribution in [3.8, 4) is 0 Å². The molecule has 1 heterocycles. The highest BCUT2D eigenvalue weighted by Gasteiger charge is 2.33. The number of nitrogens with one attached hydrogen (secondary N) is 2. The van der Waals surface area contributed by atoms with Crippen LogP contribution >= 0.6 is 11.6 Å². The largest absolute Gasteiger partial charge is 0.417 e. The Balaban J connectivity index is 2.03. The number of anilines is 1. The minimum Gasteiger partial charge on any atom is -0.355 e. The molecule has 0 aliphatic carbocycles. The fraction of sp³-hybridized carbons (Fsp3) is 0.350. The summed E-state index contributed by atoms with van der Waals surface area (Å²) in [6.07, 6.45) is -4.65. The number of likely N-dealkylation sites (N-methyl/N-ethyl adjacent to an activating group) is 1. The van der Waals surface area contributed by atoms with Gasteiger partial charge in [0.2, 0.25) is 5.91 Å². The maximum atomic E-state index is 12.9. The van der Waals surface area contributed by atoms with Crippen molar-refractivity contribution < 1.29 is 27.6 Å². The van der Waals surface area contributed by atoms with Gasteiger partial charge in [-0.25, -0.2) is 0 Å². The smallest absolute Gasteiger partial charge is 0.355 e. The van der Waals surface area contributed by atoms with Crippen LogP contribution in [-0.4, -0.2) is 47.5 Å². The molecule has 10 heteroatoms. The molecule has 0 spiro atoms. The Labute approximate surface area is 176 Å². The lowest BCUT2D eigenvalue weighted by Crippen LogP contribution is -2.34. The number of ketones is 2. The lowest BCUT2D eigenvalue weighted by atomic mass is 10.1. The molecule has 162 valence electrons. The summed E-state index contributed by atoms with van der Waals surface area (Å²) < 4.78 is 38.8. The minimum absolute atomic E-state index is 0.0570. The van der Waals surface area contributed by atoms with Gasteiger partial charge in [-0.05, 0) is 51.6 Å². The summed E-state index contributed by atoms with van der Waals surface area (Å²) in [6, 6.07) is 3.06. The molecule has 0 saturated carbocycles. The first-order valence-corrected chi connectivity index (χ1v) is 9.27. The van der Waals surface area contributed by atoms with Crippen molar-refractivity contribution in [2.45, 2.75) is 26.9 Å². The van der Waals surface area contributed by atoms with Crippen LogP contribution in [0.5, 0.6) is 0 Å². The number of halogens is 4. The van der Waals surface area contributed by atoms with Crippen LogP contribution in [0.25, 0.3) is 0 Å². The van der Waals surface area contributed by atoms with Gasteiger partial charge in [-0.15, -0.1) is 0 Å². The second kappa shape index (κ2) is 9.01. The number of Topliss-reactive ketones (excluding diaryl/α,β-unsaturated/α-hetero) is 2. The van der Waals surface area contributed by atoms with Crippen molar-refractivity contribution in [2.75, 3.05) is 25.5 Å². The second-order valence-corrected chi connectivity index (χ2v) is 7.42. The van der Waals surface area contributed by atoms with Crippen LogP contribution in [0.15, 0.2) is 18.2 Å². The van der Waals surface area contributed by atoms with Gasteiger partial charge in [0.1, 0.15) is 0 Å². The van der Waals surface area contributed by atoms with E-state index in [0.717, 1.165) is 12.1 Å². The number of alkyl halides is 3. The van der Waals surface area contributed by atoms with Crippen molar-refractivity contribution in [3.63, 3.8) is 0 Å². The number of carbonyl (C=O) groups is 3. The molecule has 0 unspecified atom stereocenters. The molecular weight excluding hydrogens is 423 g/mol. The van der Waals surface area contributed by atoms with Gasteiger partial charge in [-0.2, -0.15) is 13.2 Å². The van der Waals surface area contributed by atoms with Gasteiger partial charge in [-0.3, -0.25) is 19.3 Å². The molecule has 0 aliphatic heterocycles. The number of aromatic nitrogens is 1. The third kappa shape index (κ3) is 5.48. The van der Waals surface area contributed by atoms with Crippen LogP contribution in [0, 0.1) is 13.8 Å². The predicted molar refractivity (Wildman–Crippen MR) is 107 cm³/mol. The number of benzene rings is 1. The predicted octanol–water partition coefficient (Wildman–Crippen LogP) is 4.26. The Morgan fingerprint density at radius 2 is 1.80 bits per heavy atom. The number of hydrogen-bond acceptors (Lipinski definition) is 4. The van der Waals surface area contributed by atoms with E-state index in [2.05, 4.69) is 10.3 Å². The van der Waals surface area contributed by atoms with Crippen molar-refractivity contribution in [1.29, 1.82) is 0 Å². The Morgan fingerprint density at radius 1 is 1.17 bits per heavy atom. The van der Waals surface area contributed by atoms with Gasteiger partial charge in [0.05, 0.1) is 29.4 Å². The Hall–Kier alpha value is -2.65. The molecule has 1 amide bonds. The molecule has 1 aromatic carbocycles. The van der Waals surface area contributed by atoms with E-state index < -0.39 is 22.7 Å².